The molecule has 5 rings (SSSR count). The molecule has 1 unspecified atom stereocenters. The Labute approximate surface area is 249 Å². The van der Waals surface area contributed by atoms with Gasteiger partial charge in [0.15, 0.2) is 0 Å². The van der Waals surface area contributed by atoms with Crippen molar-refractivity contribution in [3.8, 4) is 0 Å². The summed E-state index contributed by atoms with van der Waals surface area (Å²) in [7, 11) is 0. The summed E-state index contributed by atoms with van der Waals surface area (Å²) in [6.07, 6.45) is 1.56. The molecule has 2 heterocycles. The van der Waals surface area contributed by atoms with Gasteiger partial charge in [-0.05, 0) is 86.8 Å². The highest BCUT2D eigenvalue weighted by molar-refractivity contribution is 5.96. The van der Waals surface area contributed by atoms with Crippen LogP contribution in [0.2, 0.25) is 0 Å². The lowest BCUT2D eigenvalue weighted by molar-refractivity contribution is -0.137. The van der Waals surface area contributed by atoms with E-state index < -0.39 is 23.8 Å². The number of carbonyl (C=O) groups excluding carboxylic acids is 3. The largest absolute Gasteiger partial charge is 0.416 e. The third-order valence-corrected chi connectivity index (χ3v) is 8.97. The van der Waals surface area contributed by atoms with E-state index in [2.05, 4.69) is 27.7 Å². The molecule has 3 N–H and O–H groups in total. The van der Waals surface area contributed by atoms with E-state index in [4.69, 9.17) is 0 Å². The normalized spacial score (nSPS) is 24.9. The van der Waals surface area contributed by atoms with Crippen LogP contribution < -0.4 is 10.6 Å². The summed E-state index contributed by atoms with van der Waals surface area (Å²) >= 11 is 0. The zero-order chi connectivity index (χ0) is 30.6. The van der Waals surface area contributed by atoms with Crippen LogP contribution >= 0.6 is 0 Å². The van der Waals surface area contributed by atoms with Crippen LogP contribution in [0.3, 0.4) is 0 Å². The second-order valence-electron chi connectivity index (χ2n) is 12.0. The Morgan fingerprint density at radius 2 is 1.63 bits per heavy atom. The molecule has 11 heteroatoms. The monoisotopic (exact) mass is 600 g/mol. The Kier molecular flexibility index (Phi) is 9.71. The number of carbonyl (C=O) groups is 3. The summed E-state index contributed by atoms with van der Waals surface area (Å²) in [5, 5.41) is 15.2. The van der Waals surface area contributed by atoms with Crippen molar-refractivity contribution in [1.29, 1.82) is 0 Å². The molecule has 0 aromatic heterocycles. The number of piperidine rings is 1. The average molecular weight is 601 g/mol. The highest BCUT2D eigenvalue weighted by atomic mass is 19.4. The molecule has 3 amide bonds. The van der Waals surface area contributed by atoms with Crippen LogP contribution in [0.5, 0.6) is 0 Å². The quantitative estimate of drug-likeness (QED) is 0.447. The smallest absolute Gasteiger partial charge is 0.391 e. The standard InChI is InChI=1S/C32H39F3N4O4/c33-32(34,35)25-4-1-3-24(17-25)30(42)36-18-29(41)37-26-14-16-38(19-26)27-12-10-22(11-13-27)21-6-8-23(9-7-21)31(43)39-15-2-5-28(40)20-39/h1,3-4,6-9,17,22,26-28,40H,2,5,10-16,18-20H2,(H,36,42)(H,37,41)/t22?,26?,27?,28-/m1/s1. The predicted molar refractivity (Wildman–Crippen MR) is 154 cm³/mol. The summed E-state index contributed by atoms with van der Waals surface area (Å²) in [5.74, 6) is -0.679. The number of halogens is 3. The molecule has 2 saturated heterocycles. The molecule has 0 spiro atoms. The van der Waals surface area contributed by atoms with Gasteiger partial charge in [0, 0.05) is 49.4 Å². The number of aliphatic hydroxyl groups is 1. The number of rotatable bonds is 7. The minimum absolute atomic E-state index is 0.0252. The molecule has 3 fully saturated rings. The van der Waals surface area contributed by atoms with Gasteiger partial charge in [-0.1, -0.05) is 18.2 Å². The van der Waals surface area contributed by atoms with Gasteiger partial charge < -0.3 is 20.6 Å². The summed E-state index contributed by atoms with van der Waals surface area (Å²) in [6.45, 7) is 2.37. The molecule has 8 nitrogen and oxygen atoms in total. The zero-order valence-corrected chi connectivity index (χ0v) is 24.1. The lowest BCUT2D eigenvalue weighted by Crippen LogP contribution is -2.44. The molecule has 0 bridgehead atoms. The van der Waals surface area contributed by atoms with Crippen molar-refractivity contribution in [3.05, 3.63) is 70.8 Å². The minimum Gasteiger partial charge on any atom is -0.391 e. The lowest BCUT2D eigenvalue weighted by atomic mass is 9.81. The molecule has 2 aromatic carbocycles. The van der Waals surface area contributed by atoms with Gasteiger partial charge in [0.25, 0.3) is 11.8 Å². The van der Waals surface area contributed by atoms with Gasteiger partial charge in [0.1, 0.15) is 0 Å². The first-order chi connectivity index (χ1) is 20.6. The van der Waals surface area contributed by atoms with Crippen LogP contribution in [0.4, 0.5) is 13.2 Å². The van der Waals surface area contributed by atoms with Gasteiger partial charge in [-0.3, -0.25) is 19.3 Å². The molecule has 232 valence electrons. The van der Waals surface area contributed by atoms with Crippen molar-refractivity contribution in [2.24, 2.45) is 0 Å². The van der Waals surface area contributed by atoms with Crippen molar-refractivity contribution in [2.45, 2.75) is 75.2 Å². The zero-order valence-electron chi connectivity index (χ0n) is 24.1. The second kappa shape index (κ2) is 13.5. The third kappa shape index (κ3) is 7.94. The number of benzene rings is 2. The number of hydrogen-bond donors (Lipinski definition) is 3. The summed E-state index contributed by atoms with van der Waals surface area (Å²) in [5.41, 5.74) is 0.844. The topological polar surface area (TPSA) is 102 Å². The molecule has 2 atom stereocenters. The third-order valence-electron chi connectivity index (χ3n) is 8.97. The first-order valence-corrected chi connectivity index (χ1v) is 15.1. The van der Waals surface area contributed by atoms with E-state index in [0.717, 1.165) is 70.2 Å². The maximum Gasteiger partial charge on any atom is 0.416 e. The number of nitrogens with one attached hydrogen (secondary N) is 2. The molecule has 0 radical (unpaired) electrons. The Balaban J connectivity index is 1.03. The second-order valence-corrected chi connectivity index (χ2v) is 12.0. The van der Waals surface area contributed by atoms with Crippen molar-refractivity contribution in [3.63, 3.8) is 0 Å². The van der Waals surface area contributed by atoms with Crippen molar-refractivity contribution < 1.29 is 32.7 Å². The van der Waals surface area contributed by atoms with Gasteiger partial charge in [-0.15, -0.1) is 0 Å². The Morgan fingerprint density at radius 1 is 0.884 bits per heavy atom. The van der Waals surface area contributed by atoms with Crippen LogP contribution in [0.1, 0.15) is 82.7 Å². The van der Waals surface area contributed by atoms with E-state index >= 15 is 0 Å². The number of nitrogens with zero attached hydrogens (tertiary/aromatic N) is 2. The minimum atomic E-state index is -4.55. The van der Waals surface area contributed by atoms with Gasteiger partial charge in [-0.2, -0.15) is 13.2 Å². The van der Waals surface area contributed by atoms with E-state index in [9.17, 15) is 32.7 Å². The molecule has 1 saturated carbocycles. The van der Waals surface area contributed by atoms with Crippen molar-refractivity contribution >= 4 is 17.7 Å². The molecule has 3 aliphatic rings. The maximum atomic E-state index is 12.9. The fourth-order valence-corrected chi connectivity index (χ4v) is 6.61. The molecule has 1 aliphatic carbocycles. The van der Waals surface area contributed by atoms with E-state index in [0.29, 0.717) is 30.6 Å². The van der Waals surface area contributed by atoms with Gasteiger partial charge in [-0.25, -0.2) is 0 Å². The molecule has 2 aromatic rings. The average Bonchev–Trinajstić information content (AvgIpc) is 3.47. The van der Waals surface area contributed by atoms with Gasteiger partial charge in [0.2, 0.25) is 5.91 Å². The predicted octanol–water partition coefficient (Wildman–Crippen LogP) is 3.95. The highest BCUT2D eigenvalue weighted by Gasteiger charge is 2.33. The number of β-amino-alcohol motifs (C(OH)–C–C–N with tert-alkyl or cyclic N) is 1. The van der Waals surface area contributed by atoms with Crippen LogP contribution in [-0.2, 0) is 11.0 Å². The van der Waals surface area contributed by atoms with E-state index in [-0.39, 0.29) is 30.0 Å². The highest BCUT2D eigenvalue weighted by Crippen LogP contribution is 2.36. The number of alkyl halides is 3. The Hall–Kier alpha value is -3.44. The fraction of sp³-hybridized carbons (Fsp3) is 0.531. The number of hydrogen-bond acceptors (Lipinski definition) is 5. The Morgan fingerprint density at radius 3 is 2.33 bits per heavy atom. The number of aliphatic hydroxyl groups excluding tert-OH is 1. The first kappa shape index (κ1) is 31.0. The summed E-state index contributed by atoms with van der Waals surface area (Å²) in [4.78, 5) is 41.7. The lowest BCUT2D eigenvalue weighted by Gasteiger charge is -2.35. The van der Waals surface area contributed by atoms with Crippen molar-refractivity contribution in [1.82, 2.24) is 20.4 Å². The maximum absolute atomic E-state index is 12.9. The van der Waals surface area contributed by atoms with Gasteiger partial charge in [0.05, 0.1) is 18.2 Å². The van der Waals surface area contributed by atoms with Crippen molar-refractivity contribution in [2.75, 3.05) is 32.7 Å². The van der Waals surface area contributed by atoms with Crippen LogP contribution in [-0.4, -0.2) is 83.5 Å². The molecule has 2 aliphatic heterocycles. The van der Waals surface area contributed by atoms with E-state index in [1.54, 1.807) is 4.90 Å². The number of likely N-dealkylation sites (tertiary alicyclic amines) is 2. The van der Waals surface area contributed by atoms with Crippen LogP contribution in [0, 0.1) is 0 Å². The SMILES string of the molecule is O=C(CNC(=O)c1cccc(C(F)(F)F)c1)NC1CCN(C2CCC(c3ccc(C(=O)N4CCC[C@@H](O)C4)cc3)CC2)C1. The Bertz CT molecular complexity index is 1290. The van der Waals surface area contributed by atoms with E-state index in [1.807, 2.05) is 12.1 Å². The summed E-state index contributed by atoms with van der Waals surface area (Å²) < 4.78 is 38.8. The summed E-state index contributed by atoms with van der Waals surface area (Å²) in [6, 6.07) is 12.4. The molecule has 43 heavy (non-hydrogen) atoms. The molecular formula is C32H39F3N4O4. The fourth-order valence-electron chi connectivity index (χ4n) is 6.61. The van der Waals surface area contributed by atoms with Crippen LogP contribution in [0.15, 0.2) is 48.5 Å². The number of amides is 3. The van der Waals surface area contributed by atoms with E-state index in [1.165, 1.54) is 17.7 Å². The molecular weight excluding hydrogens is 561 g/mol. The van der Waals surface area contributed by atoms with Gasteiger partial charge >= 0.3 is 6.18 Å². The van der Waals surface area contributed by atoms with Crippen LogP contribution in [0.25, 0.3) is 0 Å². The first-order valence-electron chi connectivity index (χ1n) is 15.1.